The van der Waals surface area contributed by atoms with E-state index in [1.807, 2.05) is 12.1 Å². The number of imidazole rings is 1. The van der Waals surface area contributed by atoms with Crippen LogP contribution >= 0.6 is 23.4 Å². The fraction of sp³-hybridized carbons (Fsp3) is 0.0833. The Morgan fingerprint density at radius 2 is 2.09 bits per heavy atom. The Bertz CT molecular complexity index is 785. The Balaban J connectivity index is 1.86. The van der Waals surface area contributed by atoms with Crippen LogP contribution in [0.2, 0.25) is 5.02 Å². The van der Waals surface area contributed by atoms with Crippen molar-refractivity contribution >= 4 is 29.2 Å². The van der Waals surface area contributed by atoms with E-state index < -0.39 is 5.23 Å². The van der Waals surface area contributed by atoms with Crippen LogP contribution < -0.4 is 5.23 Å². The smallest absolute Gasteiger partial charge is 0.291 e. The molecule has 3 rings (SSSR count). The predicted molar refractivity (Wildman–Crippen MR) is 79.9 cm³/mol. The molecular formula is C12H11ClN6O2S. The second-order valence-corrected chi connectivity index (χ2v) is 5.78. The first-order valence-electron chi connectivity index (χ1n) is 6.15. The fourth-order valence-electron chi connectivity index (χ4n) is 1.80. The summed E-state index contributed by atoms with van der Waals surface area (Å²) in [5, 5.41) is 27.6. The number of H-pyrrole nitrogens is 1. The van der Waals surface area contributed by atoms with Gasteiger partial charge in [-0.25, -0.2) is 10.2 Å². The standard InChI is InChI=1S/C12H11ClN6O2S/c1-18-6-14-10(19(20)21)11(18)22-12-15-9(16-17-12)7-2-4-8(13)5-3-7/h2-6,19-20H,1H3,(H,15,16,17). The average molecular weight is 339 g/mol. The Morgan fingerprint density at radius 3 is 2.77 bits per heavy atom. The molecule has 8 nitrogen and oxygen atoms in total. The maximum atomic E-state index is 11.1. The van der Waals surface area contributed by atoms with Gasteiger partial charge in [0.2, 0.25) is 5.16 Å². The van der Waals surface area contributed by atoms with Crippen LogP contribution in [0.3, 0.4) is 0 Å². The van der Waals surface area contributed by atoms with E-state index in [1.165, 1.54) is 6.33 Å². The van der Waals surface area contributed by atoms with Gasteiger partial charge < -0.3 is 9.77 Å². The van der Waals surface area contributed by atoms with Crippen LogP contribution in [0.15, 0.2) is 40.8 Å². The van der Waals surface area contributed by atoms with Gasteiger partial charge in [-0.3, -0.25) is 5.10 Å². The number of aromatic nitrogens is 5. The molecule has 114 valence electrons. The van der Waals surface area contributed by atoms with Gasteiger partial charge in [0.25, 0.3) is 5.82 Å². The molecule has 22 heavy (non-hydrogen) atoms. The van der Waals surface area contributed by atoms with Crippen LogP contribution in [0, 0.1) is 5.21 Å². The molecule has 0 bridgehead atoms. The van der Waals surface area contributed by atoms with Crippen molar-refractivity contribution in [2.75, 3.05) is 0 Å². The molecule has 3 aromatic rings. The number of nitrogens with zero attached hydrogens (tertiary/aromatic N) is 4. The van der Waals surface area contributed by atoms with Gasteiger partial charge in [-0.1, -0.05) is 11.6 Å². The minimum absolute atomic E-state index is 0.0228. The maximum Gasteiger partial charge on any atom is 0.291 e. The van der Waals surface area contributed by atoms with Gasteiger partial charge in [0.1, 0.15) is 6.33 Å². The third-order valence-corrected chi connectivity index (χ3v) is 4.15. The van der Waals surface area contributed by atoms with Crippen molar-refractivity contribution in [3.05, 3.63) is 40.8 Å². The summed E-state index contributed by atoms with van der Waals surface area (Å²) in [6.45, 7) is 0. The molecule has 0 saturated heterocycles. The number of hydrogen-bond donors (Lipinski definition) is 3. The Morgan fingerprint density at radius 1 is 1.36 bits per heavy atom. The van der Waals surface area contributed by atoms with Crippen molar-refractivity contribution in [1.82, 2.24) is 24.7 Å². The van der Waals surface area contributed by atoms with E-state index in [2.05, 4.69) is 20.2 Å². The molecule has 0 amide bonds. The highest BCUT2D eigenvalue weighted by Crippen LogP contribution is 2.29. The molecule has 2 heterocycles. The number of benzene rings is 1. The van der Waals surface area contributed by atoms with Crippen molar-refractivity contribution in [2.24, 2.45) is 7.05 Å². The molecule has 1 unspecified atom stereocenters. The number of halogens is 1. The highest BCUT2D eigenvalue weighted by molar-refractivity contribution is 7.99. The van der Waals surface area contributed by atoms with Crippen LogP contribution in [-0.2, 0) is 7.05 Å². The summed E-state index contributed by atoms with van der Waals surface area (Å²) in [5.74, 6) is 0.559. The third kappa shape index (κ3) is 2.98. The van der Waals surface area contributed by atoms with Crippen molar-refractivity contribution in [1.29, 1.82) is 0 Å². The number of hydrogen-bond acceptors (Lipinski definition) is 6. The maximum absolute atomic E-state index is 11.1. The first kappa shape index (κ1) is 15.0. The first-order chi connectivity index (χ1) is 10.5. The lowest BCUT2D eigenvalue weighted by Crippen LogP contribution is -2.99. The normalized spacial score (nSPS) is 12.5. The number of aryl methyl sites for hydroxylation is 1. The van der Waals surface area contributed by atoms with Gasteiger partial charge in [-0.15, -0.1) is 5.10 Å². The van der Waals surface area contributed by atoms with Gasteiger partial charge in [-0.05, 0) is 36.0 Å². The van der Waals surface area contributed by atoms with Crippen LogP contribution in [0.1, 0.15) is 0 Å². The van der Waals surface area contributed by atoms with E-state index in [4.69, 9.17) is 16.8 Å². The SMILES string of the molecule is Cn1cnc([NH+]([O-])O)c1Sc1n[nH]c(-c2ccc(Cl)cc2)n1. The van der Waals surface area contributed by atoms with E-state index in [-0.39, 0.29) is 5.82 Å². The van der Waals surface area contributed by atoms with Gasteiger partial charge >= 0.3 is 0 Å². The molecule has 0 fully saturated rings. The van der Waals surface area contributed by atoms with Crippen LogP contribution in [0.25, 0.3) is 11.4 Å². The van der Waals surface area contributed by atoms with E-state index in [1.54, 1.807) is 23.7 Å². The van der Waals surface area contributed by atoms with E-state index >= 15 is 0 Å². The molecule has 0 aliphatic carbocycles. The van der Waals surface area contributed by atoms with E-state index in [0.717, 1.165) is 17.3 Å². The molecule has 0 aliphatic rings. The quantitative estimate of drug-likeness (QED) is 0.621. The summed E-state index contributed by atoms with van der Waals surface area (Å²) in [6.07, 6.45) is 1.44. The van der Waals surface area contributed by atoms with E-state index in [9.17, 15) is 5.21 Å². The summed E-state index contributed by atoms with van der Waals surface area (Å²) in [6, 6.07) is 7.17. The molecule has 0 aliphatic heterocycles. The number of rotatable bonds is 4. The summed E-state index contributed by atoms with van der Waals surface area (Å²) < 4.78 is 1.62. The number of nitrogens with one attached hydrogen (secondary N) is 2. The highest BCUT2D eigenvalue weighted by atomic mass is 35.5. The summed E-state index contributed by atoms with van der Waals surface area (Å²) in [7, 11) is 1.72. The number of aromatic amines is 1. The molecule has 10 heteroatoms. The molecular weight excluding hydrogens is 328 g/mol. The lowest BCUT2D eigenvalue weighted by Gasteiger charge is -2.09. The van der Waals surface area contributed by atoms with Gasteiger partial charge in [0.15, 0.2) is 10.9 Å². The Hall–Kier alpha value is -1.91. The molecule has 1 aromatic carbocycles. The fourth-order valence-corrected chi connectivity index (χ4v) is 2.76. The zero-order chi connectivity index (χ0) is 15.7. The minimum Gasteiger partial charge on any atom is -0.594 e. The van der Waals surface area contributed by atoms with Crippen molar-refractivity contribution < 1.29 is 10.4 Å². The second-order valence-electron chi connectivity index (χ2n) is 4.39. The summed E-state index contributed by atoms with van der Waals surface area (Å²) in [5.41, 5.74) is 0.840. The monoisotopic (exact) mass is 338 g/mol. The van der Waals surface area contributed by atoms with Crippen LogP contribution in [0.5, 0.6) is 0 Å². The second kappa shape index (κ2) is 6.07. The van der Waals surface area contributed by atoms with Crippen molar-refractivity contribution in [3.63, 3.8) is 0 Å². The molecule has 3 N–H and O–H groups in total. The van der Waals surface area contributed by atoms with Crippen LogP contribution in [-0.4, -0.2) is 29.9 Å². The molecule has 1 atom stereocenters. The molecule has 2 aromatic heterocycles. The average Bonchev–Trinajstić information content (AvgIpc) is 3.08. The zero-order valence-electron chi connectivity index (χ0n) is 11.3. The largest absolute Gasteiger partial charge is 0.594 e. The summed E-state index contributed by atoms with van der Waals surface area (Å²) in [4.78, 5) is 8.19. The van der Waals surface area contributed by atoms with E-state index in [0.29, 0.717) is 21.0 Å². The van der Waals surface area contributed by atoms with Gasteiger partial charge in [0, 0.05) is 17.6 Å². The van der Waals surface area contributed by atoms with Crippen molar-refractivity contribution in [3.8, 4) is 11.4 Å². The van der Waals surface area contributed by atoms with Gasteiger partial charge in [-0.2, -0.15) is 10.2 Å². The van der Waals surface area contributed by atoms with Crippen molar-refractivity contribution in [2.45, 2.75) is 10.2 Å². The minimum atomic E-state index is -1.09. The van der Waals surface area contributed by atoms with Gasteiger partial charge in [0.05, 0.1) is 0 Å². The number of quaternary nitrogens is 1. The molecule has 0 radical (unpaired) electrons. The Kier molecular flexibility index (Phi) is 4.14. The Labute approximate surface area is 134 Å². The molecule has 0 spiro atoms. The topological polar surface area (TPSA) is 107 Å². The lowest BCUT2D eigenvalue weighted by atomic mass is 10.2. The predicted octanol–water partition coefficient (Wildman–Crippen LogP) is 1.41. The lowest BCUT2D eigenvalue weighted by molar-refractivity contribution is -0.994. The zero-order valence-corrected chi connectivity index (χ0v) is 12.9. The van der Waals surface area contributed by atoms with Crippen LogP contribution in [0.4, 0.5) is 5.82 Å². The highest BCUT2D eigenvalue weighted by Gasteiger charge is 2.19. The molecule has 0 saturated carbocycles. The summed E-state index contributed by atoms with van der Waals surface area (Å²) >= 11 is 6.98. The first-order valence-corrected chi connectivity index (χ1v) is 7.35. The third-order valence-electron chi connectivity index (χ3n) is 2.86.